The molecule has 1 aromatic rings. The van der Waals surface area contributed by atoms with Gasteiger partial charge in [-0.2, -0.15) is 0 Å². The van der Waals surface area contributed by atoms with Gasteiger partial charge >= 0.3 is 0 Å². The van der Waals surface area contributed by atoms with Gasteiger partial charge < -0.3 is 9.64 Å². The number of hydrogen-bond donors (Lipinski definition) is 0. The highest BCUT2D eigenvalue weighted by atomic mass is 16.5. The Morgan fingerprint density at radius 2 is 2.14 bits per heavy atom. The Labute approximate surface area is 133 Å². The molecule has 1 fully saturated rings. The molecule has 0 aromatic heterocycles. The van der Waals surface area contributed by atoms with E-state index in [1.165, 1.54) is 5.56 Å². The topological polar surface area (TPSA) is 29.5 Å². The maximum Gasteiger partial charge on any atom is 0.226 e. The molecule has 3 rings (SSSR count). The van der Waals surface area contributed by atoms with Gasteiger partial charge in [0, 0.05) is 18.5 Å². The van der Waals surface area contributed by atoms with Crippen LogP contribution in [-0.4, -0.2) is 30.5 Å². The number of rotatable bonds is 4. The molecule has 22 heavy (non-hydrogen) atoms. The summed E-state index contributed by atoms with van der Waals surface area (Å²) in [5.41, 5.74) is 1.21. The van der Waals surface area contributed by atoms with E-state index in [4.69, 9.17) is 4.74 Å². The van der Waals surface area contributed by atoms with Crippen molar-refractivity contribution in [2.45, 2.75) is 44.6 Å². The largest absolute Gasteiger partial charge is 0.496 e. The van der Waals surface area contributed by atoms with Crippen molar-refractivity contribution in [2.24, 2.45) is 5.92 Å². The Morgan fingerprint density at radius 1 is 1.27 bits per heavy atom. The SMILES string of the molecule is COc1ccccc1C[C@H]1CCCN1C(=O)[C@H]1CC=CCC1. The first-order chi connectivity index (χ1) is 10.8. The summed E-state index contributed by atoms with van der Waals surface area (Å²) < 4.78 is 5.46. The smallest absolute Gasteiger partial charge is 0.226 e. The van der Waals surface area contributed by atoms with Crippen molar-refractivity contribution in [1.82, 2.24) is 4.90 Å². The van der Waals surface area contributed by atoms with E-state index in [1.54, 1.807) is 7.11 Å². The van der Waals surface area contributed by atoms with Crippen LogP contribution in [0.3, 0.4) is 0 Å². The number of benzene rings is 1. The lowest BCUT2D eigenvalue weighted by atomic mass is 9.92. The molecule has 2 aliphatic rings. The van der Waals surface area contributed by atoms with Crippen molar-refractivity contribution in [3.63, 3.8) is 0 Å². The van der Waals surface area contributed by atoms with Crippen LogP contribution in [0.25, 0.3) is 0 Å². The lowest BCUT2D eigenvalue weighted by molar-refractivity contribution is -0.136. The fourth-order valence-corrected chi connectivity index (χ4v) is 3.72. The van der Waals surface area contributed by atoms with Crippen LogP contribution in [0.2, 0.25) is 0 Å². The number of likely N-dealkylation sites (tertiary alicyclic amines) is 1. The minimum Gasteiger partial charge on any atom is -0.496 e. The van der Waals surface area contributed by atoms with E-state index >= 15 is 0 Å². The Balaban J connectivity index is 1.70. The van der Waals surface area contributed by atoms with Crippen LogP contribution in [0.15, 0.2) is 36.4 Å². The standard InChI is InChI=1S/C19H25NO2/c1-22-18-12-6-5-10-16(18)14-17-11-7-13-20(17)19(21)15-8-3-2-4-9-15/h2-3,5-6,10,12,15,17H,4,7-9,11,13-14H2,1H3/t15-,17+/m0/s1. The molecule has 0 spiro atoms. The number of para-hydroxylation sites is 1. The van der Waals surface area contributed by atoms with Gasteiger partial charge in [-0.05, 0) is 50.2 Å². The summed E-state index contributed by atoms with van der Waals surface area (Å²) in [5, 5.41) is 0. The van der Waals surface area contributed by atoms with Crippen molar-refractivity contribution in [3.05, 3.63) is 42.0 Å². The quantitative estimate of drug-likeness (QED) is 0.795. The number of hydrogen-bond acceptors (Lipinski definition) is 2. The molecule has 1 saturated heterocycles. The number of amides is 1. The fourth-order valence-electron chi connectivity index (χ4n) is 3.72. The van der Waals surface area contributed by atoms with Crippen molar-refractivity contribution >= 4 is 5.91 Å². The predicted molar refractivity (Wildman–Crippen MR) is 87.9 cm³/mol. The van der Waals surface area contributed by atoms with Gasteiger partial charge in [0.15, 0.2) is 0 Å². The third-order valence-electron chi connectivity index (χ3n) is 4.93. The lowest BCUT2D eigenvalue weighted by Gasteiger charge is -2.30. The summed E-state index contributed by atoms with van der Waals surface area (Å²) in [6.07, 6.45) is 10.4. The van der Waals surface area contributed by atoms with E-state index < -0.39 is 0 Å². The summed E-state index contributed by atoms with van der Waals surface area (Å²) in [6.45, 7) is 0.916. The van der Waals surface area contributed by atoms with Crippen LogP contribution >= 0.6 is 0 Å². The molecule has 0 saturated carbocycles. The molecule has 1 heterocycles. The third-order valence-corrected chi connectivity index (χ3v) is 4.93. The molecule has 3 heteroatoms. The van der Waals surface area contributed by atoms with E-state index in [-0.39, 0.29) is 5.92 Å². The Kier molecular flexibility index (Phi) is 4.81. The van der Waals surface area contributed by atoms with E-state index in [2.05, 4.69) is 23.1 Å². The second kappa shape index (κ2) is 6.99. The summed E-state index contributed by atoms with van der Waals surface area (Å²) in [4.78, 5) is 15.0. The Bertz CT molecular complexity index is 552. The highest BCUT2D eigenvalue weighted by Gasteiger charge is 2.33. The molecular weight excluding hydrogens is 274 g/mol. The minimum absolute atomic E-state index is 0.197. The van der Waals surface area contributed by atoms with Crippen molar-refractivity contribution < 1.29 is 9.53 Å². The molecule has 1 amide bonds. The van der Waals surface area contributed by atoms with Gasteiger partial charge in [0.1, 0.15) is 5.75 Å². The molecular formula is C19H25NO2. The Morgan fingerprint density at radius 3 is 2.91 bits per heavy atom. The average Bonchev–Trinajstić information content (AvgIpc) is 3.03. The molecule has 1 aromatic carbocycles. The van der Waals surface area contributed by atoms with Crippen LogP contribution in [0.4, 0.5) is 0 Å². The number of carbonyl (C=O) groups excluding carboxylic acids is 1. The predicted octanol–water partition coefficient (Wildman–Crippen LogP) is 3.59. The average molecular weight is 299 g/mol. The summed E-state index contributed by atoms with van der Waals surface area (Å²) in [6, 6.07) is 8.49. The molecule has 0 bridgehead atoms. The van der Waals surface area contributed by atoms with Crippen LogP contribution < -0.4 is 4.74 Å². The van der Waals surface area contributed by atoms with Gasteiger partial charge in [-0.3, -0.25) is 4.79 Å². The van der Waals surface area contributed by atoms with Gasteiger partial charge in [-0.1, -0.05) is 30.4 Å². The number of carbonyl (C=O) groups is 1. The molecule has 0 N–H and O–H groups in total. The normalized spacial score (nSPS) is 24.5. The number of methoxy groups -OCH3 is 1. The first kappa shape index (κ1) is 15.1. The zero-order valence-electron chi connectivity index (χ0n) is 13.3. The van der Waals surface area contributed by atoms with Crippen LogP contribution in [0.5, 0.6) is 5.75 Å². The lowest BCUT2D eigenvalue weighted by Crippen LogP contribution is -2.41. The van der Waals surface area contributed by atoms with E-state index in [0.717, 1.165) is 50.8 Å². The van der Waals surface area contributed by atoms with Crippen molar-refractivity contribution in [1.29, 1.82) is 0 Å². The summed E-state index contributed by atoms with van der Waals surface area (Å²) in [5.74, 6) is 1.49. The maximum atomic E-state index is 12.8. The van der Waals surface area contributed by atoms with Gasteiger partial charge in [0.2, 0.25) is 5.91 Å². The van der Waals surface area contributed by atoms with Gasteiger partial charge in [0.25, 0.3) is 0 Å². The molecule has 0 unspecified atom stereocenters. The fraction of sp³-hybridized carbons (Fsp3) is 0.526. The van der Waals surface area contributed by atoms with E-state index in [0.29, 0.717) is 11.9 Å². The van der Waals surface area contributed by atoms with Crippen LogP contribution in [-0.2, 0) is 11.2 Å². The summed E-state index contributed by atoms with van der Waals surface area (Å²) in [7, 11) is 1.71. The van der Waals surface area contributed by atoms with Crippen molar-refractivity contribution in [3.8, 4) is 5.75 Å². The minimum atomic E-state index is 0.197. The van der Waals surface area contributed by atoms with Gasteiger partial charge in [-0.25, -0.2) is 0 Å². The number of ether oxygens (including phenoxy) is 1. The van der Waals surface area contributed by atoms with Gasteiger partial charge in [-0.15, -0.1) is 0 Å². The second-order valence-corrected chi connectivity index (χ2v) is 6.33. The zero-order chi connectivity index (χ0) is 15.4. The summed E-state index contributed by atoms with van der Waals surface area (Å²) >= 11 is 0. The second-order valence-electron chi connectivity index (χ2n) is 6.33. The third kappa shape index (κ3) is 3.18. The highest BCUT2D eigenvalue weighted by molar-refractivity contribution is 5.79. The van der Waals surface area contributed by atoms with Gasteiger partial charge in [0.05, 0.1) is 7.11 Å². The van der Waals surface area contributed by atoms with E-state index in [9.17, 15) is 4.79 Å². The molecule has 2 atom stereocenters. The monoisotopic (exact) mass is 299 g/mol. The molecule has 118 valence electrons. The first-order valence-corrected chi connectivity index (χ1v) is 8.37. The number of nitrogens with zero attached hydrogens (tertiary/aromatic N) is 1. The first-order valence-electron chi connectivity index (χ1n) is 8.37. The van der Waals surface area contributed by atoms with Crippen molar-refractivity contribution in [2.75, 3.05) is 13.7 Å². The molecule has 1 aliphatic carbocycles. The molecule has 1 aliphatic heterocycles. The Hall–Kier alpha value is -1.77. The molecule has 0 radical (unpaired) electrons. The maximum absolute atomic E-state index is 12.8. The van der Waals surface area contributed by atoms with Crippen LogP contribution in [0, 0.1) is 5.92 Å². The van der Waals surface area contributed by atoms with Crippen LogP contribution in [0.1, 0.15) is 37.7 Å². The molecule has 3 nitrogen and oxygen atoms in total. The highest BCUT2D eigenvalue weighted by Crippen LogP contribution is 2.29. The zero-order valence-corrected chi connectivity index (χ0v) is 13.3. The number of allylic oxidation sites excluding steroid dienone is 2. The van der Waals surface area contributed by atoms with E-state index in [1.807, 2.05) is 18.2 Å².